The van der Waals surface area contributed by atoms with Gasteiger partial charge in [0.2, 0.25) is 0 Å². The van der Waals surface area contributed by atoms with Gasteiger partial charge in [0.1, 0.15) is 0 Å². The van der Waals surface area contributed by atoms with Crippen LogP contribution in [0, 0.1) is 5.92 Å². The zero-order valence-corrected chi connectivity index (χ0v) is 10.2. The lowest BCUT2D eigenvalue weighted by Crippen LogP contribution is -2.29. The van der Waals surface area contributed by atoms with Gasteiger partial charge < -0.3 is 14.2 Å². The number of hydrogen-bond acceptors (Lipinski definition) is 4. The summed E-state index contributed by atoms with van der Waals surface area (Å²) in [7, 11) is 1.40. The van der Waals surface area contributed by atoms with Gasteiger partial charge in [-0.1, -0.05) is 13.3 Å². The molecule has 1 aliphatic carbocycles. The number of unbranched alkanes of at least 4 members (excludes halogenated alkanes) is 1. The van der Waals surface area contributed by atoms with Gasteiger partial charge >= 0.3 is 5.97 Å². The lowest BCUT2D eigenvalue weighted by atomic mass is 10.2. The van der Waals surface area contributed by atoms with Crippen LogP contribution in [0.2, 0.25) is 0 Å². The van der Waals surface area contributed by atoms with Crippen molar-refractivity contribution in [1.29, 1.82) is 0 Å². The summed E-state index contributed by atoms with van der Waals surface area (Å²) in [6.07, 6.45) is 3.96. The molecule has 0 aliphatic heterocycles. The molecule has 1 saturated carbocycles. The summed E-state index contributed by atoms with van der Waals surface area (Å²) >= 11 is 0. The van der Waals surface area contributed by atoms with E-state index in [2.05, 4.69) is 6.92 Å². The largest absolute Gasteiger partial charge is 0.467 e. The van der Waals surface area contributed by atoms with Gasteiger partial charge in [0.25, 0.3) is 0 Å². The molecular weight excluding hydrogens is 208 g/mol. The molecule has 0 saturated heterocycles. The Labute approximate surface area is 97.2 Å². The summed E-state index contributed by atoms with van der Waals surface area (Å²) in [5.74, 6) is 0.110. The topological polar surface area (TPSA) is 44.8 Å². The molecule has 4 nitrogen and oxygen atoms in total. The molecule has 0 N–H and O–H groups in total. The normalized spacial score (nSPS) is 17.1. The zero-order valence-electron chi connectivity index (χ0n) is 10.2. The molecule has 0 amide bonds. The van der Waals surface area contributed by atoms with Crippen LogP contribution in [0.15, 0.2) is 0 Å². The highest BCUT2D eigenvalue weighted by Crippen LogP contribution is 2.34. The van der Waals surface area contributed by atoms with E-state index in [0.29, 0.717) is 19.1 Å². The molecule has 0 heterocycles. The number of carbonyl (C=O) groups is 1. The van der Waals surface area contributed by atoms with Crippen molar-refractivity contribution in [3.05, 3.63) is 0 Å². The van der Waals surface area contributed by atoms with Crippen LogP contribution in [0.1, 0.15) is 32.6 Å². The number of hydrogen-bond donors (Lipinski definition) is 0. The molecule has 1 fully saturated rings. The Bertz CT molecular complexity index is 201. The van der Waals surface area contributed by atoms with Crippen LogP contribution in [0.25, 0.3) is 0 Å². The first-order valence-corrected chi connectivity index (χ1v) is 6.06. The second kappa shape index (κ2) is 7.63. The van der Waals surface area contributed by atoms with Crippen molar-refractivity contribution in [3.8, 4) is 0 Å². The van der Waals surface area contributed by atoms with Crippen molar-refractivity contribution in [2.24, 2.45) is 5.92 Å². The van der Waals surface area contributed by atoms with E-state index in [0.717, 1.165) is 32.3 Å². The minimum atomic E-state index is -0.375. The second-order valence-electron chi connectivity index (χ2n) is 4.12. The molecule has 1 aliphatic rings. The van der Waals surface area contributed by atoms with Gasteiger partial charge in [-0.25, -0.2) is 4.79 Å². The number of methoxy groups -OCH3 is 1. The molecular formula is C12H22O4. The Morgan fingerprint density at radius 3 is 2.62 bits per heavy atom. The van der Waals surface area contributed by atoms with Crippen molar-refractivity contribution < 1.29 is 19.0 Å². The molecule has 0 radical (unpaired) electrons. The van der Waals surface area contributed by atoms with E-state index in [1.54, 1.807) is 0 Å². The summed E-state index contributed by atoms with van der Waals surface area (Å²) < 4.78 is 15.6. The smallest absolute Gasteiger partial charge is 0.335 e. The van der Waals surface area contributed by atoms with E-state index in [4.69, 9.17) is 14.2 Å². The first-order valence-electron chi connectivity index (χ1n) is 6.06. The predicted molar refractivity (Wildman–Crippen MR) is 60.2 cm³/mol. The first kappa shape index (κ1) is 13.5. The number of esters is 1. The predicted octanol–water partition coefficient (Wildman–Crippen LogP) is 1.77. The molecule has 0 aromatic rings. The van der Waals surface area contributed by atoms with E-state index >= 15 is 0 Å². The molecule has 0 aromatic heterocycles. The fraction of sp³-hybridized carbons (Fsp3) is 0.917. The lowest BCUT2D eigenvalue weighted by Gasteiger charge is -2.14. The summed E-state index contributed by atoms with van der Waals surface area (Å²) in [5, 5.41) is 0. The summed E-state index contributed by atoms with van der Waals surface area (Å²) in [4.78, 5) is 11.4. The molecule has 0 bridgehead atoms. The quantitative estimate of drug-likeness (QED) is 0.447. The van der Waals surface area contributed by atoms with Crippen LogP contribution in [-0.2, 0) is 19.0 Å². The number of carbonyl (C=O) groups excluding carboxylic acids is 1. The molecule has 4 heteroatoms. The Balaban J connectivity index is 2.06. The van der Waals surface area contributed by atoms with E-state index in [1.807, 2.05) is 0 Å². The maximum absolute atomic E-state index is 11.4. The average molecular weight is 230 g/mol. The van der Waals surface area contributed by atoms with Crippen molar-refractivity contribution in [2.75, 3.05) is 26.9 Å². The van der Waals surface area contributed by atoms with Crippen LogP contribution < -0.4 is 0 Å². The second-order valence-corrected chi connectivity index (χ2v) is 4.12. The minimum absolute atomic E-state index is 0.254. The summed E-state index contributed by atoms with van der Waals surface area (Å²) in [5.41, 5.74) is 0. The third-order valence-electron chi connectivity index (χ3n) is 2.65. The monoisotopic (exact) mass is 230 g/mol. The van der Waals surface area contributed by atoms with Gasteiger partial charge in [-0.2, -0.15) is 0 Å². The highest BCUT2D eigenvalue weighted by molar-refractivity contribution is 5.75. The fourth-order valence-electron chi connectivity index (χ4n) is 1.49. The Morgan fingerprint density at radius 2 is 2.06 bits per heavy atom. The van der Waals surface area contributed by atoms with Gasteiger partial charge in [-0.3, -0.25) is 0 Å². The van der Waals surface area contributed by atoms with Crippen LogP contribution in [-0.4, -0.2) is 39.0 Å². The van der Waals surface area contributed by atoms with E-state index < -0.39 is 0 Å². The van der Waals surface area contributed by atoms with Gasteiger partial charge in [-0.15, -0.1) is 0 Å². The SMILES string of the molecule is CCCCOCCOC(C(=O)OC)C1CC1. The van der Waals surface area contributed by atoms with Crippen molar-refractivity contribution >= 4 is 5.97 Å². The lowest BCUT2D eigenvalue weighted by molar-refractivity contribution is -0.156. The molecule has 1 rings (SSSR count). The third kappa shape index (κ3) is 4.94. The highest BCUT2D eigenvalue weighted by atomic mass is 16.6. The standard InChI is InChI=1S/C12H22O4/c1-3-4-7-15-8-9-16-11(10-5-6-10)12(13)14-2/h10-11H,3-9H2,1-2H3. The van der Waals surface area contributed by atoms with Gasteiger partial charge in [0, 0.05) is 6.61 Å². The van der Waals surface area contributed by atoms with Gasteiger partial charge in [0.15, 0.2) is 6.10 Å². The molecule has 1 unspecified atom stereocenters. The van der Waals surface area contributed by atoms with Crippen LogP contribution in [0.4, 0.5) is 0 Å². The van der Waals surface area contributed by atoms with Crippen LogP contribution >= 0.6 is 0 Å². The molecule has 0 aromatic carbocycles. The molecule has 94 valence electrons. The molecule has 1 atom stereocenters. The fourth-order valence-corrected chi connectivity index (χ4v) is 1.49. The Hall–Kier alpha value is -0.610. The average Bonchev–Trinajstić information content (AvgIpc) is 3.11. The zero-order chi connectivity index (χ0) is 11.8. The first-order chi connectivity index (χ1) is 7.79. The third-order valence-corrected chi connectivity index (χ3v) is 2.65. The highest BCUT2D eigenvalue weighted by Gasteiger charge is 2.37. The van der Waals surface area contributed by atoms with Crippen LogP contribution in [0.3, 0.4) is 0 Å². The summed E-state index contributed by atoms with van der Waals surface area (Å²) in [6, 6.07) is 0. The summed E-state index contributed by atoms with van der Waals surface area (Å²) in [6.45, 7) is 3.92. The molecule has 0 spiro atoms. The molecule has 16 heavy (non-hydrogen) atoms. The number of rotatable bonds is 9. The Morgan fingerprint density at radius 1 is 1.31 bits per heavy atom. The maximum Gasteiger partial charge on any atom is 0.335 e. The van der Waals surface area contributed by atoms with Crippen molar-refractivity contribution in [2.45, 2.75) is 38.7 Å². The van der Waals surface area contributed by atoms with Gasteiger partial charge in [0.05, 0.1) is 20.3 Å². The minimum Gasteiger partial charge on any atom is -0.467 e. The van der Waals surface area contributed by atoms with Crippen molar-refractivity contribution in [1.82, 2.24) is 0 Å². The van der Waals surface area contributed by atoms with Gasteiger partial charge in [-0.05, 0) is 25.2 Å². The maximum atomic E-state index is 11.4. The van der Waals surface area contributed by atoms with E-state index in [9.17, 15) is 4.79 Å². The van der Waals surface area contributed by atoms with Crippen LogP contribution in [0.5, 0.6) is 0 Å². The number of ether oxygens (including phenoxy) is 3. The van der Waals surface area contributed by atoms with Crippen molar-refractivity contribution in [3.63, 3.8) is 0 Å². The van der Waals surface area contributed by atoms with E-state index in [-0.39, 0.29) is 12.1 Å². The Kier molecular flexibility index (Phi) is 6.42. The van der Waals surface area contributed by atoms with E-state index in [1.165, 1.54) is 7.11 Å².